The van der Waals surface area contributed by atoms with Crippen molar-refractivity contribution in [1.29, 1.82) is 5.26 Å². The van der Waals surface area contributed by atoms with Crippen LogP contribution in [-0.2, 0) is 32.4 Å². The lowest BCUT2D eigenvalue weighted by molar-refractivity contribution is -0.202. The number of carbonyl (C=O) groups is 1. The monoisotopic (exact) mass is 463 g/mol. The average Bonchev–Trinajstić information content (AvgIpc) is 3.07. The Morgan fingerprint density at radius 2 is 1.79 bits per heavy atom. The summed E-state index contributed by atoms with van der Waals surface area (Å²) in [5.74, 6) is -1.54. The number of esters is 1. The molecule has 0 atom stereocenters. The standard InChI is InChI=1S/C23H24F3N3O4/c1-13-16(20(30)33-22(4,5)32-13)18-17(21(2,3)12-27)19(23(24,25)26)29(28-18)11-14-7-9-15(31-6)10-8-14/h7-10H,11H2,1-6H3. The molecule has 0 spiro atoms. The Labute approximate surface area is 189 Å². The third kappa shape index (κ3) is 4.67. The molecule has 7 nitrogen and oxygen atoms in total. The number of nitriles is 1. The third-order valence-corrected chi connectivity index (χ3v) is 5.15. The summed E-state index contributed by atoms with van der Waals surface area (Å²) >= 11 is 0. The fourth-order valence-electron chi connectivity index (χ4n) is 3.71. The second kappa shape index (κ2) is 8.14. The number of halogens is 3. The molecule has 1 aromatic carbocycles. The van der Waals surface area contributed by atoms with Crippen molar-refractivity contribution in [1.82, 2.24) is 9.78 Å². The predicted octanol–water partition coefficient (Wildman–Crippen LogP) is 4.80. The highest BCUT2D eigenvalue weighted by Gasteiger charge is 2.47. The lowest BCUT2D eigenvalue weighted by atomic mass is 9.82. The van der Waals surface area contributed by atoms with Crippen molar-refractivity contribution >= 4 is 11.5 Å². The molecule has 0 saturated carbocycles. The highest BCUT2D eigenvalue weighted by Crippen LogP contribution is 2.43. The van der Waals surface area contributed by atoms with Gasteiger partial charge < -0.3 is 14.2 Å². The molecule has 1 aromatic heterocycles. The van der Waals surface area contributed by atoms with Gasteiger partial charge in [0.2, 0.25) is 5.79 Å². The van der Waals surface area contributed by atoms with Gasteiger partial charge in [0.1, 0.15) is 28.5 Å². The first-order valence-corrected chi connectivity index (χ1v) is 10.1. The van der Waals surface area contributed by atoms with Crippen LogP contribution in [0.4, 0.5) is 13.2 Å². The molecule has 2 heterocycles. The molecule has 1 aliphatic rings. The molecule has 0 saturated heterocycles. The van der Waals surface area contributed by atoms with Crippen molar-refractivity contribution in [2.75, 3.05) is 7.11 Å². The molecule has 0 unspecified atom stereocenters. The van der Waals surface area contributed by atoms with Crippen molar-refractivity contribution in [3.63, 3.8) is 0 Å². The summed E-state index contributed by atoms with van der Waals surface area (Å²) < 4.78 is 59.7. The van der Waals surface area contributed by atoms with Crippen LogP contribution in [0.15, 0.2) is 30.0 Å². The number of ether oxygens (including phenoxy) is 3. The fourth-order valence-corrected chi connectivity index (χ4v) is 3.71. The molecule has 0 aliphatic carbocycles. The van der Waals surface area contributed by atoms with E-state index in [1.54, 1.807) is 24.3 Å². The van der Waals surface area contributed by atoms with Gasteiger partial charge in [-0.15, -0.1) is 0 Å². The number of allylic oxidation sites excluding steroid dienone is 1. The molecule has 2 aromatic rings. The normalized spacial score (nSPS) is 16.2. The van der Waals surface area contributed by atoms with E-state index in [0.717, 1.165) is 4.68 Å². The first-order valence-electron chi connectivity index (χ1n) is 10.1. The zero-order valence-corrected chi connectivity index (χ0v) is 19.1. The Morgan fingerprint density at radius 3 is 2.27 bits per heavy atom. The average molecular weight is 463 g/mol. The summed E-state index contributed by atoms with van der Waals surface area (Å²) in [4.78, 5) is 12.8. The summed E-state index contributed by atoms with van der Waals surface area (Å²) in [6.45, 7) is 6.91. The van der Waals surface area contributed by atoms with Crippen molar-refractivity contribution in [2.45, 2.75) is 58.5 Å². The number of hydrogen-bond acceptors (Lipinski definition) is 6. The minimum atomic E-state index is -4.85. The molecular formula is C23H24F3N3O4. The van der Waals surface area contributed by atoms with Gasteiger partial charge in [0.25, 0.3) is 0 Å². The van der Waals surface area contributed by atoms with Crippen LogP contribution in [0.2, 0.25) is 0 Å². The highest BCUT2D eigenvalue weighted by atomic mass is 19.4. The van der Waals surface area contributed by atoms with Crippen LogP contribution in [0.25, 0.3) is 5.57 Å². The summed E-state index contributed by atoms with van der Waals surface area (Å²) in [5, 5.41) is 13.9. The Kier molecular flexibility index (Phi) is 5.96. The van der Waals surface area contributed by atoms with Crippen LogP contribution in [-0.4, -0.2) is 28.6 Å². The SMILES string of the molecule is COc1ccc(Cn2nc(C3=C(C)OC(C)(C)OC3=O)c(C(C)(C)C#N)c2C(F)(F)F)cc1. The number of carbonyl (C=O) groups excluding carboxylic acids is 1. The van der Waals surface area contributed by atoms with E-state index in [4.69, 9.17) is 14.2 Å². The Hall–Kier alpha value is -3.48. The largest absolute Gasteiger partial charge is 0.497 e. The van der Waals surface area contributed by atoms with E-state index >= 15 is 0 Å². The molecule has 1 aliphatic heterocycles. The fraction of sp³-hybridized carbons (Fsp3) is 0.435. The third-order valence-electron chi connectivity index (χ3n) is 5.15. The van der Waals surface area contributed by atoms with Gasteiger partial charge in [0.15, 0.2) is 0 Å². The molecule has 0 fully saturated rings. The topological polar surface area (TPSA) is 86.4 Å². The minimum Gasteiger partial charge on any atom is -0.497 e. The lowest BCUT2D eigenvalue weighted by Gasteiger charge is -2.32. The number of hydrogen-bond donors (Lipinski definition) is 0. The predicted molar refractivity (Wildman–Crippen MR) is 112 cm³/mol. The van der Waals surface area contributed by atoms with Crippen LogP contribution >= 0.6 is 0 Å². The van der Waals surface area contributed by atoms with Gasteiger partial charge in [0.05, 0.1) is 25.1 Å². The number of aromatic nitrogens is 2. The van der Waals surface area contributed by atoms with Crippen LogP contribution in [0.5, 0.6) is 5.75 Å². The summed E-state index contributed by atoms with van der Waals surface area (Å²) in [6, 6.07) is 8.36. The van der Waals surface area contributed by atoms with E-state index in [2.05, 4.69) is 5.10 Å². The van der Waals surface area contributed by atoms with Gasteiger partial charge in [0, 0.05) is 19.4 Å². The van der Waals surface area contributed by atoms with E-state index in [1.807, 2.05) is 6.07 Å². The van der Waals surface area contributed by atoms with Gasteiger partial charge in [-0.1, -0.05) is 12.1 Å². The zero-order chi connectivity index (χ0) is 24.8. The van der Waals surface area contributed by atoms with Crippen molar-refractivity contribution in [3.8, 4) is 11.8 Å². The number of benzene rings is 1. The first kappa shape index (κ1) is 24.2. The van der Waals surface area contributed by atoms with E-state index in [-0.39, 0.29) is 23.6 Å². The number of nitrogens with zero attached hydrogens (tertiary/aromatic N) is 3. The number of rotatable bonds is 5. The number of methoxy groups -OCH3 is 1. The summed E-state index contributed by atoms with van der Waals surface area (Å²) in [5.41, 5.74) is -3.17. The Balaban J connectivity index is 2.29. The van der Waals surface area contributed by atoms with Gasteiger partial charge in [-0.2, -0.15) is 23.5 Å². The molecule has 0 amide bonds. The maximum absolute atomic E-state index is 14.3. The minimum absolute atomic E-state index is 0.0639. The second-order valence-electron chi connectivity index (χ2n) is 8.64. The Morgan fingerprint density at radius 1 is 1.18 bits per heavy atom. The van der Waals surface area contributed by atoms with Crippen molar-refractivity contribution < 1.29 is 32.2 Å². The molecule has 0 N–H and O–H groups in total. The van der Waals surface area contributed by atoms with Gasteiger partial charge in [-0.05, 0) is 38.5 Å². The van der Waals surface area contributed by atoms with Gasteiger partial charge in [-0.25, -0.2) is 4.79 Å². The molecule has 0 radical (unpaired) electrons. The molecular weight excluding hydrogens is 439 g/mol. The van der Waals surface area contributed by atoms with Crippen LogP contribution in [0, 0.1) is 11.3 Å². The first-order chi connectivity index (χ1) is 15.2. The quantitative estimate of drug-likeness (QED) is 0.592. The lowest BCUT2D eigenvalue weighted by Crippen LogP contribution is -2.36. The number of cyclic esters (lactones) is 1. The molecule has 10 heteroatoms. The van der Waals surface area contributed by atoms with E-state index in [0.29, 0.717) is 11.3 Å². The van der Waals surface area contributed by atoms with E-state index in [9.17, 15) is 23.2 Å². The van der Waals surface area contributed by atoms with E-state index in [1.165, 1.54) is 41.7 Å². The molecule has 176 valence electrons. The smallest absolute Gasteiger partial charge is 0.433 e. The zero-order valence-electron chi connectivity index (χ0n) is 19.1. The van der Waals surface area contributed by atoms with Gasteiger partial charge >= 0.3 is 12.1 Å². The summed E-state index contributed by atoms with van der Waals surface area (Å²) in [6.07, 6.45) is -4.85. The molecule has 3 rings (SSSR count). The maximum Gasteiger partial charge on any atom is 0.433 e. The van der Waals surface area contributed by atoms with Crippen LogP contribution in [0.1, 0.15) is 57.1 Å². The number of alkyl halides is 3. The van der Waals surface area contributed by atoms with Crippen LogP contribution in [0.3, 0.4) is 0 Å². The van der Waals surface area contributed by atoms with E-state index < -0.39 is 34.6 Å². The van der Waals surface area contributed by atoms with Crippen LogP contribution < -0.4 is 4.74 Å². The van der Waals surface area contributed by atoms with Gasteiger partial charge in [-0.3, -0.25) is 4.68 Å². The second-order valence-corrected chi connectivity index (χ2v) is 8.64. The highest BCUT2D eigenvalue weighted by molar-refractivity contribution is 6.17. The Bertz CT molecular complexity index is 1150. The van der Waals surface area contributed by atoms with Crippen molar-refractivity contribution in [3.05, 3.63) is 52.5 Å². The summed E-state index contributed by atoms with van der Waals surface area (Å²) in [7, 11) is 1.48. The maximum atomic E-state index is 14.3. The molecule has 0 bridgehead atoms. The molecule has 33 heavy (non-hydrogen) atoms. The van der Waals surface area contributed by atoms with Crippen molar-refractivity contribution in [2.24, 2.45) is 0 Å².